The van der Waals surface area contributed by atoms with Crippen LogP contribution in [0.2, 0.25) is 0 Å². The summed E-state index contributed by atoms with van der Waals surface area (Å²) in [6.07, 6.45) is 1.47. The summed E-state index contributed by atoms with van der Waals surface area (Å²) in [6.45, 7) is 2.67. The Morgan fingerprint density at radius 1 is 0.778 bits per heavy atom. The third kappa shape index (κ3) is 7.29. The molecule has 0 heterocycles. The number of anilines is 2. The van der Waals surface area contributed by atoms with Crippen LogP contribution in [-0.4, -0.2) is 30.8 Å². The van der Waals surface area contributed by atoms with Crippen LogP contribution in [0.3, 0.4) is 0 Å². The Hall–Kier alpha value is -4.92. The minimum absolute atomic E-state index is 0.0305. The van der Waals surface area contributed by atoms with Crippen LogP contribution < -0.4 is 25.4 Å². The monoisotopic (exact) mass is 487 g/mol. The van der Waals surface area contributed by atoms with Gasteiger partial charge in [0.05, 0.1) is 7.11 Å². The summed E-state index contributed by atoms with van der Waals surface area (Å²) in [7, 11) is 1.42. The van der Waals surface area contributed by atoms with E-state index in [9.17, 15) is 19.2 Å². The molecule has 0 unspecified atom stereocenters. The van der Waals surface area contributed by atoms with Gasteiger partial charge in [-0.3, -0.25) is 19.2 Å². The van der Waals surface area contributed by atoms with Crippen LogP contribution in [0.15, 0.2) is 78.5 Å². The van der Waals surface area contributed by atoms with Crippen molar-refractivity contribution in [3.63, 3.8) is 0 Å². The summed E-state index contributed by atoms with van der Waals surface area (Å²) in [5.74, 6) is -1.26. The maximum absolute atomic E-state index is 13.1. The third-order valence-corrected chi connectivity index (χ3v) is 4.74. The Morgan fingerprint density at radius 3 is 2.00 bits per heavy atom. The highest BCUT2D eigenvalue weighted by atomic mass is 16.6. The summed E-state index contributed by atoms with van der Waals surface area (Å²) >= 11 is 0. The average molecular weight is 488 g/mol. The van der Waals surface area contributed by atoms with E-state index >= 15 is 0 Å². The van der Waals surface area contributed by atoms with Gasteiger partial charge in [-0.2, -0.15) is 0 Å². The van der Waals surface area contributed by atoms with Gasteiger partial charge in [0.25, 0.3) is 11.8 Å². The quantitative estimate of drug-likeness (QED) is 0.251. The highest BCUT2D eigenvalue weighted by molar-refractivity contribution is 6.10. The summed E-state index contributed by atoms with van der Waals surface area (Å²) in [6, 6.07) is 19.7. The van der Waals surface area contributed by atoms with Gasteiger partial charge in [-0.15, -0.1) is 0 Å². The molecule has 9 nitrogen and oxygen atoms in total. The fraction of sp³-hybridized carbons (Fsp3) is 0.111. The van der Waals surface area contributed by atoms with Crippen molar-refractivity contribution in [1.29, 1.82) is 0 Å². The molecule has 9 heteroatoms. The maximum Gasteiger partial charge on any atom is 0.308 e. The number of methoxy groups -OCH3 is 1. The molecule has 3 aromatic rings. The van der Waals surface area contributed by atoms with Crippen LogP contribution in [0.5, 0.6) is 11.5 Å². The predicted molar refractivity (Wildman–Crippen MR) is 136 cm³/mol. The summed E-state index contributed by atoms with van der Waals surface area (Å²) < 4.78 is 10.4. The normalized spacial score (nSPS) is 10.7. The van der Waals surface area contributed by atoms with Crippen molar-refractivity contribution in [1.82, 2.24) is 5.32 Å². The fourth-order valence-electron chi connectivity index (χ4n) is 3.16. The Kier molecular flexibility index (Phi) is 8.55. The lowest BCUT2D eigenvalue weighted by molar-refractivity contribution is -0.132. The molecule has 0 spiro atoms. The van der Waals surface area contributed by atoms with E-state index in [-0.39, 0.29) is 23.1 Å². The molecular weight excluding hydrogens is 462 g/mol. The number of amides is 3. The standard InChI is InChI=1S/C27H25N3O6/c1-17(31)28-21-10-12-22(13-11-21)29-27(34)23(30-26(33)20-7-5-4-6-8-20)15-19-9-14-24(36-18(2)32)25(16-19)35-3/h4-16H,1-3H3,(H,28,31)(H,29,34)(H,30,33)/b23-15-. The first-order valence-electron chi connectivity index (χ1n) is 10.9. The van der Waals surface area contributed by atoms with Gasteiger partial charge in [-0.05, 0) is 60.2 Å². The van der Waals surface area contributed by atoms with Gasteiger partial charge in [-0.1, -0.05) is 24.3 Å². The molecule has 0 aromatic heterocycles. The van der Waals surface area contributed by atoms with E-state index in [0.717, 1.165) is 0 Å². The van der Waals surface area contributed by atoms with Crippen LogP contribution >= 0.6 is 0 Å². The topological polar surface area (TPSA) is 123 Å². The average Bonchev–Trinajstić information content (AvgIpc) is 2.85. The Morgan fingerprint density at radius 2 is 1.42 bits per heavy atom. The number of carbonyl (C=O) groups excluding carboxylic acids is 4. The number of rotatable bonds is 8. The number of carbonyl (C=O) groups is 4. The second-order valence-corrected chi connectivity index (χ2v) is 7.59. The molecule has 0 radical (unpaired) electrons. The first-order valence-corrected chi connectivity index (χ1v) is 10.9. The summed E-state index contributed by atoms with van der Waals surface area (Å²) in [4.78, 5) is 48.5. The number of ether oxygens (including phenoxy) is 2. The SMILES string of the molecule is COc1cc(/C=C(\NC(=O)c2ccccc2)C(=O)Nc2ccc(NC(C)=O)cc2)ccc1OC(C)=O. The van der Waals surface area contributed by atoms with E-state index in [4.69, 9.17) is 9.47 Å². The van der Waals surface area contributed by atoms with Crippen LogP contribution in [0.1, 0.15) is 29.8 Å². The zero-order valence-corrected chi connectivity index (χ0v) is 20.0. The van der Waals surface area contributed by atoms with Crippen LogP contribution in [0, 0.1) is 0 Å². The Labute approximate surface area is 208 Å². The Balaban J connectivity index is 1.90. The number of hydrogen-bond acceptors (Lipinski definition) is 6. The van der Waals surface area contributed by atoms with E-state index in [0.29, 0.717) is 22.5 Å². The van der Waals surface area contributed by atoms with Crippen molar-refractivity contribution in [3.8, 4) is 11.5 Å². The van der Waals surface area contributed by atoms with Crippen LogP contribution in [0.4, 0.5) is 11.4 Å². The van der Waals surface area contributed by atoms with Gasteiger partial charge in [0.15, 0.2) is 11.5 Å². The minimum Gasteiger partial charge on any atom is -0.493 e. The van der Waals surface area contributed by atoms with Crippen molar-refractivity contribution in [2.75, 3.05) is 17.7 Å². The van der Waals surface area contributed by atoms with Crippen LogP contribution in [-0.2, 0) is 14.4 Å². The fourth-order valence-corrected chi connectivity index (χ4v) is 3.16. The van der Waals surface area contributed by atoms with E-state index < -0.39 is 17.8 Å². The number of hydrogen-bond donors (Lipinski definition) is 3. The van der Waals surface area contributed by atoms with Gasteiger partial charge in [-0.25, -0.2) is 0 Å². The molecule has 0 aliphatic rings. The van der Waals surface area contributed by atoms with E-state index in [1.807, 2.05) is 0 Å². The first kappa shape index (κ1) is 25.7. The third-order valence-electron chi connectivity index (χ3n) is 4.74. The van der Waals surface area contributed by atoms with E-state index in [1.165, 1.54) is 33.1 Å². The molecule has 3 N–H and O–H groups in total. The second kappa shape index (κ2) is 12.0. The molecule has 3 amide bonds. The highest BCUT2D eigenvalue weighted by Gasteiger charge is 2.16. The van der Waals surface area contributed by atoms with Crippen molar-refractivity contribution < 1.29 is 28.7 Å². The van der Waals surface area contributed by atoms with E-state index in [1.54, 1.807) is 66.7 Å². The van der Waals surface area contributed by atoms with Gasteiger partial charge in [0, 0.05) is 30.8 Å². The molecule has 3 rings (SSSR count). The molecule has 0 aliphatic carbocycles. The predicted octanol–water partition coefficient (Wildman–Crippen LogP) is 3.99. The number of esters is 1. The highest BCUT2D eigenvalue weighted by Crippen LogP contribution is 2.29. The number of benzene rings is 3. The molecule has 0 saturated heterocycles. The minimum atomic E-state index is -0.574. The molecular formula is C27H25N3O6. The summed E-state index contributed by atoms with van der Waals surface area (Å²) in [5.41, 5.74) is 1.89. The van der Waals surface area contributed by atoms with Gasteiger partial charge >= 0.3 is 5.97 Å². The molecule has 0 atom stereocenters. The Bertz CT molecular complexity index is 1300. The molecule has 3 aromatic carbocycles. The second-order valence-electron chi connectivity index (χ2n) is 7.59. The molecule has 0 bridgehead atoms. The first-order chi connectivity index (χ1) is 17.2. The molecule has 0 aliphatic heterocycles. The van der Waals surface area contributed by atoms with Gasteiger partial charge in [0.2, 0.25) is 5.91 Å². The number of nitrogens with one attached hydrogen (secondary N) is 3. The van der Waals surface area contributed by atoms with Crippen molar-refractivity contribution >= 4 is 41.1 Å². The van der Waals surface area contributed by atoms with Crippen LogP contribution in [0.25, 0.3) is 6.08 Å². The zero-order chi connectivity index (χ0) is 26.1. The smallest absolute Gasteiger partial charge is 0.308 e. The molecule has 36 heavy (non-hydrogen) atoms. The molecule has 0 fully saturated rings. The van der Waals surface area contributed by atoms with Crippen molar-refractivity contribution in [2.24, 2.45) is 0 Å². The largest absolute Gasteiger partial charge is 0.493 e. The molecule has 0 saturated carbocycles. The summed E-state index contributed by atoms with van der Waals surface area (Å²) in [5, 5.41) is 8.03. The maximum atomic E-state index is 13.1. The lowest BCUT2D eigenvalue weighted by atomic mass is 10.1. The van der Waals surface area contributed by atoms with Crippen molar-refractivity contribution in [2.45, 2.75) is 13.8 Å². The lowest BCUT2D eigenvalue weighted by Gasteiger charge is -2.13. The van der Waals surface area contributed by atoms with Gasteiger partial charge < -0.3 is 25.4 Å². The van der Waals surface area contributed by atoms with Crippen molar-refractivity contribution in [3.05, 3.63) is 89.6 Å². The zero-order valence-electron chi connectivity index (χ0n) is 20.0. The molecule has 184 valence electrons. The lowest BCUT2D eigenvalue weighted by Crippen LogP contribution is -2.30. The van der Waals surface area contributed by atoms with E-state index in [2.05, 4.69) is 16.0 Å². The van der Waals surface area contributed by atoms with Gasteiger partial charge in [0.1, 0.15) is 5.70 Å².